The lowest BCUT2D eigenvalue weighted by molar-refractivity contribution is -0.140. The molecule has 38 heavy (non-hydrogen) atoms. The standard InChI is InChI=1S/C29H34BNO6S/c1-2-6-18(13-19-7-3-4-9-24(19)33)10-11-25-26-20(17-32)14-22-27(23(26)15-30(36)37-25)29(35)31(28(22)34)16-21-8-5-12-38-21/h3-5,7-9,12-13,22-23,25,27,32-33,36H,2,6,10-11,14-17H2,1H3/b18-13+/t22-,23+,25-,27-/m1/s1. The summed E-state index contributed by atoms with van der Waals surface area (Å²) in [6.45, 7) is 2.17. The first-order valence-corrected chi connectivity index (χ1v) is 14.3. The molecule has 2 aliphatic heterocycles. The molecule has 4 atom stereocenters. The van der Waals surface area contributed by atoms with E-state index in [0.717, 1.165) is 40.0 Å². The van der Waals surface area contributed by atoms with Crippen molar-refractivity contribution in [3.63, 3.8) is 0 Å². The van der Waals surface area contributed by atoms with E-state index in [2.05, 4.69) is 6.92 Å². The number of rotatable bonds is 9. The van der Waals surface area contributed by atoms with Crippen molar-refractivity contribution in [3.05, 3.63) is 68.9 Å². The molecule has 2 fully saturated rings. The maximum Gasteiger partial charge on any atom is 0.455 e. The van der Waals surface area contributed by atoms with E-state index in [0.29, 0.717) is 19.3 Å². The molecule has 7 nitrogen and oxygen atoms in total. The van der Waals surface area contributed by atoms with Crippen LogP contribution in [0.4, 0.5) is 0 Å². The average molecular weight is 535 g/mol. The highest BCUT2D eigenvalue weighted by molar-refractivity contribution is 7.09. The molecule has 3 aliphatic rings. The summed E-state index contributed by atoms with van der Waals surface area (Å²) in [5, 5.41) is 33.2. The van der Waals surface area contributed by atoms with Crippen LogP contribution in [0.2, 0.25) is 6.32 Å². The number of fused-ring (bicyclic) bond motifs is 3. The molecule has 2 amide bonds. The van der Waals surface area contributed by atoms with E-state index < -0.39 is 25.1 Å². The summed E-state index contributed by atoms with van der Waals surface area (Å²) in [6, 6.07) is 11.0. The zero-order chi connectivity index (χ0) is 26.8. The zero-order valence-corrected chi connectivity index (χ0v) is 22.4. The first-order chi connectivity index (χ1) is 18.4. The predicted molar refractivity (Wildman–Crippen MR) is 147 cm³/mol. The quantitative estimate of drug-likeness (QED) is 0.250. The Labute approximate surface area is 227 Å². The van der Waals surface area contributed by atoms with Crippen molar-refractivity contribution in [1.82, 2.24) is 4.90 Å². The van der Waals surface area contributed by atoms with Crippen molar-refractivity contribution < 1.29 is 29.5 Å². The summed E-state index contributed by atoms with van der Waals surface area (Å²) in [5.41, 5.74) is 3.56. The van der Waals surface area contributed by atoms with Crippen molar-refractivity contribution in [2.75, 3.05) is 6.61 Å². The maximum absolute atomic E-state index is 13.6. The average Bonchev–Trinajstić information content (AvgIpc) is 3.50. The first-order valence-electron chi connectivity index (χ1n) is 13.4. The molecule has 1 aromatic heterocycles. The van der Waals surface area contributed by atoms with Crippen LogP contribution in [0.3, 0.4) is 0 Å². The number of phenols is 1. The third-order valence-electron chi connectivity index (χ3n) is 8.08. The molecule has 9 heteroatoms. The van der Waals surface area contributed by atoms with Gasteiger partial charge >= 0.3 is 7.12 Å². The lowest BCUT2D eigenvalue weighted by Gasteiger charge is -2.43. The van der Waals surface area contributed by atoms with Gasteiger partial charge in [-0.2, -0.15) is 0 Å². The number of para-hydroxylation sites is 1. The summed E-state index contributed by atoms with van der Waals surface area (Å²) < 4.78 is 6.01. The number of amides is 2. The minimum Gasteiger partial charge on any atom is -0.507 e. The summed E-state index contributed by atoms with van der Waals surface area (Å²) >= 11 is 1.51. The second-order valence-electron chi connectivity index (χ2n) is 10.5. The molecule has 0 unspecified atom stereocenters. The number of likely N-dealkylation sites (tertiary alicyclic amines) is 1. The Morgan fingerprint density at radius 1 is 1.16 bits per heavy atom. The molecule has 0 bridgehead atoms. The van der Waals surface area contributed by atoms with Crippen molar-refractivity contribution in [3.8, 4) is 5.75 Å². The summed E-state index contributed by atoms with van der Waals surface area (Å²) in [6.07, 6.45) is 5.18. The smallest absolute Gasteiger partial charge is 0.455 e. The fourth-order valence-electron chi connectivity index (χ4n) is 6.43. The Hall–Kier alpha value is -2.72. The van der Waals surface area contributed by atoms with Crippen LogP contribution in [0.5, 0.6) is 5.75 Å². The monoisotopic (exact) mass is 535 g/mol. The molecule has 3 heterocycles. The summed E-state index contributed by atoms with van der Waals surface area (Å²) in [5.74, 6) is -1.54. The Kier molecular flexibility index (Phi) is 8.19. The Morgan fingerprint density at radius 2 is 1.97 bits per heavy atom. The topological polar surface area (TPSA) is 107 Å². The minimum atomic E-state index is -1.04. The number of aromatic hydroxyl groups is 1. The number of aliphatic hydroxyl groups is 1. The number of imide groups is 1. The largest absolute Gasteiger partial charge is 0.507 e. The van der Waals surface area contributed by atoms with E-state index in [-0.39, 0.29) is 43.0 Å². The highest BCUT2D eigenvalue weighted by atomic mass is 32.1. The number of aliphatic hydroxyl groups excluding tert-OH is 1. The van der Waals surface area contributed by atoms with Crippen molar-refractivity contribution >= 4 is 36.3 Å². The fraction of sp³-hybridized carbons (Fsp3) is 0.448. The van der Waals surface area contributed by atoms with Gasteiger partial charge < -0.3 is 19.9 Å². The number of carbonyl (C=O) groups is 2. The van der Waals surface area contributed by atoms with Crippen molar-refractivity contribution in [2.24, 2.45) is 17.8 Å². The highest BCUT2D eigenvalue weighted by Crippen LogP contribution is 2.50. The van der Waals surface area contributed by atoms with E-state index >= 15 is 0 Å². The van der Waals surface area contributed by atoms with Crippen LogP contribution in [0.15, 0.2) is 58.5 Å². The molecule has 1 aliphatic carbocycles. The molecule has 0 radical (unpaired) electrons. The van der Waals surface area contributed by atoms with Crippen LogP contribution >= 0.6 is 11.3 Å². The van der Waals surface area contributed by atoms with Crippen LogP contribution in [0.1, 0.15) is 49.5 Å². The predicted octanol–water partition coefficient (Wildman–Crippen LogP) is 4.41. The van der Waals surface area contributed by atoms with Gasteiger partial charge in [0.2, 0.25) is 11.8 Å². The van der Waals surface area contributed by atoms with Crippen LogP contribution in [0.25, 0.3) is 6.08 Å². The molecule has 0 spiro atoms. The van der Waals surface area contributed by atoms with Gasteiger partial charge in [0.05, 0.1) is 31.1 Å². The second kappa shape index (κ2) is 11.6. The summed E-state index contributed by atoms with van der Waals surface area (Å²) in [7, 11) is -1.04. The van der Waals surface area contributed by atoms with Gasteiger partial charge in [-0.15, -0.1) is 11.3 Å². The number of hydrogen-bond acceptors (Lipinski definition) is 7. The number of nitrogens with zero attached hydrogens (tertiary/aromatic N) is 1. The van der Waals surface area contributed by atoms with Gasteiger partial charge in [0.25, 0.3) is 0 Å². The number of carbonyl (C=O) groups excluding carboxylic acids is 2. The van der Waals surface area contributed by atoms with Crippen LogP contribution in [-0.2, 0) is 20.8 Å². The second-order valence-corrected chi connectivity index (χ2v) is 11.5. The van der Waals surface area contributed by atoms with E-state index in [1.165, 1.54) is 16.2 Å². The number of benzene rings is 1. The number of phenolic OH excluding ortho intramolecular Hbond substituents is 1. The fourth-order valence-corrected chi connectivity index (χ4v) is 7.12. The van der Waals surface area contributed by atoms with Crippen LogP contribution in [0, 0.1) is 17.8 Å². The molecule has 1 aromatic carbocycles. The zero-order valence-electron chi connectivity index (χ0n) is 21.6. The van der Waals surface area contributed by atoms with Gasteiger partial charge in [0.1, 0.15) is 5.75 Å². The molecular formula is C29H34BNO6S. The number of hydrogen-bond donors (Lipinski definition) is 3. The van der Waals surface area contributed by atoms with Crippen molar-refractivity contribution in [1.29, 1.82) is 0 Å². The minimum absolute atomic E-state index is 0.188. The Bertz CT molecular complexity index is 1240. The van der Waals surface area contributed by atoms with Gasteiger partial charge in [-0.1, -0.05) is 49.3 Å². The van der Waals surface area contributed by atoms with Crippen LogP contribution < -0.4 is 0 Å². The third kappa shape index (κ3) is 5.25. The highest BCUT2D eigenvalue weighted by Gasteiger charge is 2.57. The molecule has 2 aromatic rings. The van der Waals surface area contributed by atoms with Gasteiger partial charge in [0, 0.05) is 10.4 Å². The first kappa shape index (κ1) is 26.9. The molecule has 2 saturated heterocycles. The van der Waals surface area contributed by atoms with E-state index in [1.54, 1.807) is 12.1 Å². The Balaban J connectivity index is 1.40. The number of thiophene rings is 1. The van der Waals surface area contributed by atoms with Gasteiger partial charge in [-0.25, -0.2) is 0 Å². The van der Waals surface area contributed by atoms with Gasteiger partial charge in [-0.05, 0) is 66.6 Å². The molecular weight excluding hydrogens is 501 g/mol. The third-order valence-corrected chi connectivity index (χ3v) is 8.94. The SMILES string of the molecule is CCC/C(=C\c1ccccc1O)CC[C@H]1OB(O)C[C@H]2C1=C(CO)C[C@H]1C(=O)N(Cc3cccs3)C(=O)[C@H]12. The van der Waals surface area contributed by atoms with Gasteiger partial charge in [0.15, 0.2) is 0 Å². The van der Waals surface area contributed by atoms with E-state index in [1.807, 2.05) is 35.7 Å². The van der Waals surface area contributed by atoms with Gasteiger partial charge in [-0.3, -0.25) is 14.5 Å². The Morgan fingerprint density at radius 3 is 2.68 bits per heavy atom. The van der Waals surface area contributed by atoms with E-state index in [9.17, 15) is 24.8 Å². The molecule has 3 N–H and O–H groups in total. The van der Waals surface area contributed by atoms with Crippen molar-refractivity contribution in [2.45, 2.75) is 58.0 Å². The number of allylic oxidation sites excluding steroid dienone is 1. The lowest BCUT2D eigenvalue weighted by Crippen LogP contribution is -2.46. The molecule has 200 valence electrons. The maximum atomic E-state index is 13.6. The lowest BCUT2D eigenvalue weighted by atomic mass is 9.58. The molecule has 5 rings (SSSR count). The summed E-state index contributed by atoms with van der Waals surface area (Å²) in [4.78, 5) is 29.3. The molecule has 0 saturated carbocycles. The van der Waals surface area contributed by atoms with Crippen LogP contribution in [-0.4, -0.2) is 51.8 Å². The van der Waals surface area contributed by atoms with E-state index in [4.69, 9.17) is 4.65 Å². The normalized spacial score (nSPS) is 25.7.